The van der Waals surface area contributed by atoms with Crippen LogP contribution in [0, 0.1) is 17.3 Å². The van der Waals surface area contributed by atoms with Crippen molar-refractivity contribution in [1.29, 1.82) is 0 Å². The molecule has 1 aromatic rings. The minimum atomic E-state index is -0.669. The van der Waals surface area contributed by atoms with Crippen LogP contribution in [0.15, 0.2) is 18.2 Å². The van der Waals surface area contributed by atoms with Crippen molar-refractivity contribution in [2.45, 2.75) is 83.0 Å². The van der Waals surface area contributed by atoms with E-state index in [-0.39, 0.29) is 29.0 Å². The number of nitrogens with one attached hydrogen (secondary N) is 1. The molecule has 0 heterocycles. The molecule has 2 saturated carbocycles. The molecule has 0 aromatic heterocycles. The van der Waals surface area contributed by atoms with E-state index in [0.29, 0.717) is 24.7 Å². The SMILES string of the molecule is CCCCC(=O)NC1C[C@@H]2[C@H](CC[C@]3(C)[C@@H](O)[C@H](O)C[C@@H]23)c2ccc(O)cc21. The first kappa shape index (κ1) is 19.7. The van der Waals surface area contributed by atoms with E-state index in [4.69, 9.17) is 0 Å². The van der Waals surface area contributed by atoms with Gasteiger partial charge in [-0.05, 0) is 78.5 Å². The van der Waals surface area contributed by atoms with Gasteiger partial charge in [-0.2, -0.15) is 0 Å². The van der Waals surface area contributed by atoms with Crippen molar-refractivity contribution in [3.05, 3.63) is 29.3 Å². The second-order valence-corrected chi connectivity index (χ2v) is 9.44. The number of aromatic hydroxyl groups is 1. The Bertz CT molecular complexity index is 750. The number of hydrogen-bond acceptors (Lipinski definition) is 4. The van der Waals surface area contributed by atoms with Gasteiger partial charge in [-0.3, -0.25) is 4.79 Å². The third kappa shape index (κ3) is 3.13. The number of rotatable bonds is 4. The zero-order valence-electron chi connectivity index (χ0n) is 16.9. The monoisotopic (exact) mass is 387 g/mol. The van der Waals surface area contributed by atoms with Crippen molar-refractivity contribution in [1.82, 2.24) is 5.32 Å². The summed E-state index contributed by atoms with van der Waals surface area (Å²) in [7, 11) is 0. The molecular formula is C23H33NO4. The summed E-state index contributed by atoms with van der Waals surface area (Å²) in [6.45, 7) is 4.20. The van der Waals surface area contributed by atoms with Crippen molar-refractivity contribution < 1.29 is 20.1 Å². The number of benzene rings is 1. The summed E-state index contributed by atoms with van der Waals surface area (Å²) in [6, 6.07) is 5.44. The molecule has 5 heteroatoms. The van der Waals surface area contributed by atoms with Crippen LogP contribution in [0.2, 0.25) is 0 Å². The Balaban J connectivity index is 1.66. The predicted molar refractivity (Wildman–Crippen MR) is 107 cm³/mol. The molecule has 28 heavy (non-hydrogen) atoms. The maximum atomic E-state index is 12.5. The van der Waals surface area contributed by atoms with E-state index < -0.39 is 12.2 Å². The van der Waals surface area contributed by atoms with Gasteiger partial charge in [0.25, 0.3) is 0 Å². The van der Waals surface area contributed by atoms with Crippen LogP contribution in [0.1, 0.15) is 81.9 Å². The Morgan fingerprint density at radius 1 is 1.25 bits per heavy atom. The molecule has 0 saturated heterocycles. The van der Waals surface area contributed by atoms with Gasteiger partial charge in [-0.15, -0.1) is 0 Å². The number of aliphatic hydroxyl groups excluding tert-OH is 2. The summed E-state index contributed by atoms with van der Waals surface area (Å²) in [6.07, 6.45) is 4.34. The minimum Gasteiger partial charge on any atom is -0.508 e. The molecular weight excluding hydrogens is 354 g/mol. The Morgan fingerprint density at radius 3 is 2.79 bits per heavy atom. The highest BCUT2D eigenvalue weighted by atomic mass is 16.3. The number of phenolic OH excluding ortho intramolecular Hbond substituents is 1. The zero-order chi connectivity index (χ0) is 20.1. The lowest BCUT2D eigenvalue weighted by molar-refractivity contribution is -0.122. The van der Waals surface area contributed by atoms with Gasteiger partial charge >= 0.3 is 0 Å². The van der Waals surface area contributed by atoms with Gasteiger partial charge in [0.05, 0.1) is 18.2 Å². The van der Waals surface area contributed by atoms with Gasteiger partial charge < -0.3 is 20.6 Å². The lowest BCUT2D eigenvalue weighted by atomic mass is 9.54. The van der Waals surface area contributed by atoms with Crippen molar-refractivity contribution in [3.63, 3.8) is 0 Å². The fourth-order valence-corrected chi connectivity index (χ4v) is 6.33. The maximum Gasteiger partial charge on any atom is 0.220 e. The average Bonchev–Trinajstić information content (AvgIpc) is 2.90. The molecule has 1 amide bonds. The largest absolute Gasteiger partial charge is 0.508 e. The minimum absolute atomic E-state index is 0.0599. The lowest BCUT2D eigenvalue weighted by Crippen LogP contribution is -2.46. The van der Waals surface area contributed by atoms with E-state index in [1.165, 1.54) is 5.56 Å². The summed E-state index contributed by atoms with van der Waals surface area (Å²) in [5, 5.41) is 34.3. The van der Waals surface area contributed by atoms with Crippen molar-refractivity contribution in [3.8, 4) is 5.75 Å². The summed E-state index contributed by atoms with van der Waals surface area (Å²) in [5.41, 5.74) is 1.99. The number of phenols is 1. The number of carbonyl (C=O) groups excluding carboxylic acids is 1. The second kappa shape index (κ2) is 7.34. The maximum absolute atomic E-state index is 12.5. The smallest absolute Gasteiger partial charge is 0.220 e. The first-order chi connectivity index (χ1) is 13.3. The van der Waals surface area contributed by atoms with Gasteiger partial charge in [0.1, 0.15) is 5.75 Å². The molecule has 4 N–H and O–H groups in total. The first-order valence-electron chi connectivity index (χ1n) is 10.8. The number of fused-ring (bicyclic) bond motifs is 5. The second-order valence-electron chi connectivity index (χ2n) is 9.44. The zero-order valence-corrected chi connectivity index (χ0v) is 16.9. The van der Waals surface area contributed by atoms with E-state index in [1.54, 1.807) is 6.07 Å². The molecule has 0 bridgehead atoms. The third-order valence-corrected chi connectivity index (χ3v) is 7.86. The van der Waals surface area contributed by atoms with Crippen molar-refractivity contribution in [2.24, 2.45) is 17.3 Å². The molecule has 1 aromatic carbocycles. The molecule has 0 spiro atoms. The Kier molecular flexibility index (Phi) is 5.17. The highest BCUT2D eigenvalue weighted by Crippen LogP contribution is 2.62. The van der Waals surface area contributed by atoms with Gasteiger partial charge in [0.15, 0.2) is 0 Å². The lowest BCUT2D eigenvalue weighted by Gasteiger charge is -2.51. The van der Waals surface area contributed by atoms with Crippen LogP contribution < -0.4 is 5.32 Å². The quantitative estimate of drug-likeness (QED) is 0.638. The van der Waals surface area contributed by atoms with Crippen LogP contribution >= 0.6 is 0 Å². The standard InChI is InChI=1S/C23H33NO4/c1-3-4-5-21(27)24-19-11-16-15(14-7-6-13(25)10-17(14)19)8-9-23(2)18(16)12-20(26)22(23)28/h6-7,10,15-16,18-20,22,25-26,28H,3-5,8-9,11-12H2,1-2H3,(H,24,27)/t15-,16-,18+,19?,20-,22+,23+/m1/s1. The number of aliphatic hydroxyl groups is 2. The van der Waals surface area contributed by atoms with Crippen molar-refractivity contribution in [2.75, 3.05) is 0 Å². The van der Waals surface area contributed by atoms with Gasteiger partial charge in [-0.25, -0.2) is 0 Å². The van der Waals surface area contributed by atoms with E-state index in [0.717, 1.165) is 37.7 Å². The van der Waals surface area contributed by atoms with E-state index in [9.17, 15) is 20.1 Å². The molecule has 0 radical (unpaired) electrons. The Hall–Kier alpha value is -1.59. The first-order valence-corrected chi connectivity index (χ1v) is 10.8. The Morgan fingerprint density at radius 2 is 2.04 bits per heavy atom. The van der Waals surface area contributed by atoms with Crippen LogP contribution in [0.4, 0.5) is 0 Å². The van der Waals surface area contributed by atoms with Gasteiger partial charge in [-0.1, -0.05) is 26.3 Å². The van der Waals surface area contributed by atoms with E-state index in [1.807, 2.05) is 12.1 Å². The molecule has 4 rings (SSSR count). The van der Waals surface area contributed by atoms with Gasteiger partial charge in [0, 0.05) is 6.42 Å². The number of amides is 1. The summed E-state index contributed by atoms with van der Waals surface area (Å²) >= 11 is 0. The van der Waals surface area contributed by atoms with E-state index >= 15 is 0 Å². The normalized spacial score (nSPS) is 39.0. The molecule has 3 aliphatic rings. The highest BCUT2D eigenvalue weighted by Gasteiger charge is 2.58. The molecule has 2 fully saturated rings. The molecule has 3 aliphatic carbocycles. The number of unbranched alkanes of at least 4 members (excludes halogenated alkanes) is 1. The van der Waals surface area contributed by atoms with E-state index in [2.05, 4.69) is 19.2 Å². The topological polar surface area (TPSA) is 89.8 Å². The summed E-state index contributed by atoms with van der Waals surface area (Å²) in [4.78, 5) is 12.5. The third-order valence-electron chi connectivity index (χ3n) is 7.86. The number of hydrogen-bond donors (Lipinski definition) is 4. The fraction of sp³-hybridized carbons (Fsp3) is 0.696. The van der Waals surface area contributed by atoms with Crippen LogP contribution in [0.3, 0.4) is 0 Å². The summed E-state index contributed by atoms with van der Waals surface area (Å²) < 4.78 is 0. The van der Waals surface area contributed by atoms with Gasteiger partial charge in [0.2, 0.25) is 5.91 Å². The highest BCUT2D eigenvalue weighted by molar-refractivity contribution is 5.76. The van der Waals surface area contributed by atoms with Crippen LogP contribution in [-0.4, -0.2) is 33.4 Å². The average molecular weight is 388 g/mol. The number of carbonyl (C=O) groups is 1. The van der Waals surface area contributed by atoms with Crippen molar-refractivity contribution >= 4 is 5.91 Å². The van der Waals surface area contributed by atoms with Crippen LogP contribution in [0.25, 0.3) is 0 Å². The Labute approximate surface area is 167 Å². The summed E-state index contributed by atoms with van der Waals surface area (Å²) in [5.74, 6) is 1.21. The molecule has 154 valence electrons. The molecule has 1 unspecified atom stereocenters. The molecule has 5 nitrogen and oxygen atoms in total. The molecule has 7 atom stereocenters. The van der Waals surface area contributed by atoms with Crippen LogP contribution in [-0.2, 0) is 4.79 Å². The van der Waals surface area contributed by atoms with Crippen LogP contribution in [0.5, 0.6) is 5.75 Å². The predicted octanol–water partition coefficient (Wildman–Crippen LogP) is 3.39. The molecule has 0 aliphatic heterocycles. The fourth-order valence-electron chi connectivity index (χ4n) is 6.33.